The summed E-state index contributed by atoms with van der Waals surface area (Å²) in [4.78, 5) is 33.4. The summed E-state index contributed by atoms with van der Waals surface area (Å²) in [6, 6.07) is 24.8. The lowest BCUT2D eigenvalue weighted by Gasteiger charge is -2.25. The summed E-state index contributed by atoms with van der Waals surface area (Å²) < 4.78 is 13.3. The van der Waals surface area contributed by atoms with Crippen molar-refractivity contribution in [3.05, 3.63) is 96.2 Å². The normalized spacial score (nSPS) is 14.6. The third-order valence-corrected chi connectivity index (χ3v) is 6.88. The van der Waals surface area contributed by atoms with Gasteiger partial charge in [-0.05, 0) is 50.5 Å². The van der Waals surface area contributed by atoms with Crippen molar-refractivity contribution in [3.8, 4) is 22.7 Å². The number of aryl methyl sites for hydroxylation is 1. The first-order chi connectivity index (χ1) is 19.5. The van der Waals surface area contributed by atoms with Gasteiger partial charge in [0.05, 0.1) is 24.1 Å². The van der Waals surface area contributed by atoms with E-state index in [-0.39, 0.29) is 24.5 Å². The maximum atomic E-state index is 13.6. The maximum Gasteiger partial charge on any atom is 0.254 e. The number of hydrogen-bond donors (Lipinski definition) is 1. The third kappa shape index (κ3) is 6.40. The lowest BCUT2D eigenvalue weighted by molar-refractivity contribution is -0.117. The van der Waals surface area contributed by atoms with E-state index in [9.17, 15) is 9.59 Å². The quantitative estimate of drug-likeness (QED) is 0.288. The highest BCUT2D eigenvalue weighted by Crippen LogP contribution is 2.26. The van der Waals surface area contributed by atoms with Crippen LogP contribution in [0.5, 0.6) is 5.75 Å². The highest BCUT2D eigenvalue weighted by molar-refractivity contribution is 6.00. The Morgan fingerprint density at radius 2 is 1.88 bits per heavy atom. The van der Waals surface area contributed by atoms with Crippen LogP contribution in [0, 0.1) is 6.92 Å². The fraction of sp³-hybridized carbons (Fsp3) is 0.281. The van der Waals surface area contributed by atoms with Crippen LogP contribution in [-0.4, -0.2) is 58.7 Å². The van der Waals surface area contributed by atoms with E-state index in [1.807, 2.05) is 97.4 Å². The SMILES string of the molecule is CCOc1cccc(-n2cc(-c3ccccc3)nc2NC(=O)CN(C[C@@H]2CCCO2)C(=O)c2ccccc2C)c1. The molecule has 4 aromatic rings. The number of nitrogens with one attached hydrogen (secondary N) is 1. The molecule has 2 heterocycles. The van der Waals surface area contributed by atoms with Crippen LogP contribution in [-0.2, 0) is 9.53 Å². The second-order valence-electron chi connectivity index (χ2n) is 9.80. The summed E-state index contributed by atoms with van der Waals surface area (Å²) in [6.07, 6.45) is 3.61. The van der Waals surface area contributed by atoms with Crippen LogP contribution in [0.3, 0.4) is 0 Å². The molecule has 1 aromatic heterocycles. The topological polar surface area (TPSA) is 85.7 Å². The predicted molar refractivity (Wildman–Crippen MR) is 155 cm³/mol. The molecule has 0 bridgehead atoms. The summed E-state index contributed by atoms with van der Waals surface area (Å²) in [5, 5.41) is 2.96. The summed E-state index contributed by atoms with van der Waals surface area (Å²) in [5.74, 6) is 0.547. The van der Waals surface area contributed by atoms with Gasteiger partial charge in [-0.25, -0.2) is 4.98 Å². The first kappa shape index (κ1) is 27.1. The van der Waals surface area contributed by atoms with Crippen molar-refractivity contribution in [2.75, 3.05) is 31.6 Å². The Kier molecular flexibility index (Phi) is 8.56. The van der Waals surface area contributed by atoms with Crippen molar-refractivity contribution in [1.29, 1.82) is 0 Å². The van der Waals surface area contributed by atoms with E-state index in [2.05, 4.69) is 5.32 Å². The molecular formula is C32H34N4O4. The number of hydrogen-bond acceptors (Lipinski definition) is 5. The van der Waals surface area contributed by atoms with Gasteiger partial charge in [0, 0.05) is 36.5 Å². The number of ether oxygens (including phenoxy) is 2. The van der Waals surface area contributed by atoms with Gasteiger partial charge in [-0.15, -0.1) is 0 Å². The minimum absolute atomic E-state index is 0.0891. The molecule has 8 nitrogen and oxygen atoms in total. The molecule has 0 aliphatic carbocycles. The number of amides is 2. The summed E-state index contributed by atoms with van der Waals surface area (Å²) >= 11 is 0. The van der Waals surface area contributed by atoms with Crippen molar-refractivity contribution in [2.24, 2.45) is 0 Å². The van der Waals surface area contributed by atoms with E-state index >= 15 is 0 Å². The fourth-order valence-corrected chi connectivity index (χ4v) is 4.88. The lowest BCUT2D eigenvalue weighted by Crippen LogP contribution is -2.42. The van der Waals surface area contributed by atoms with E-state index in [1.54, 1.807) is 11.0 Å². The molecule has 3 aromatic carbocycles. The van der Waals surface area contributed by atoms with Gasteiger partial charge in [0.25, 0.3) is 5.91 Å². The molecule has 1 aliphatic heterocycles. The van der Waals surface area contributed by atoms with Gasteiger partial charge < -0.3 is 14.4 Å². The molecule has 5 rings (SSSR count). The first-order valence-corrected chi connectivity index (χ1v) is 13.7. The highest BCUT2D eigenvalue weighted by Gasteiger charge is 2.26. The maximum absolute atomic E-state index is 13.6. The van der Waals surface area contributed by atoms with Crippen molar-refractivity contribution in [2.45, 2.75) is 32.8 Å². The summed E-state index contributed by atoms with van der Waals surface area (Å²) in [5.41, 5.74) is 3.87. The van der Waals surface area contributed by atoms with Crippen molar-refractivity contribution < 1.29 is 19.1 Å². The minimum Gasteiger partial charge on any atom is -0.494 e. The molecular weight excluding hydrogens is 504 g/mol. The second-order valence-corrected chi connectivity index (χ2v) is 9.80. The average Bonchev–Trinajstić information content (AvgIpc) is 3.64. The van der Waals surface area contributed by atoms with Crippen LogP contribution in [0.4, 0.5) is 5.95 Å². The van der Waals surface area contributed by atoms with Crippen LogP contribution in [0.1, 0.15) is 35.7 Å². The Labute approximate surface area is 234 Å². The summed E-state index contributed by atoms with van der Waals surface area (Å²) in [7, 11) is 0. The van der Waals surface area contributed by atoms with Crippen molar-refractivity contribution in [3.63, 3.8) is 0 Å². The van der Waals surface area contributed by atoms with E-state index in [4.69, 9.17) is 14.5 Å². The molecule has 1 atom stereocenters. The number of benzene rings is 3. The Morgan fingerprint density at radius 3 is 2.62 bits per heavy atom. The number of imidazole rings is 1. The van der Waals surface area contributed by atoms with Gasteiger partial charge in [-0.2, -0.15) is 0 Å². The van der Waals surface area contributed by atoms with Crippen molar-refractivity contribution in [1.82, 2.24) is 14.5 Å². The van der Waals surface area contributed by atoms with Crippen LogP contribution in [0.25, 0.3) is 16.9 Å². The Hall–Kier alpha value is -4.43. The molecule has 1 saturated heterocycles. The number of rotatable bonds is 10. The van der Waals surface area contributed by atoms with Crippen LogP contribution in [0.15, 0.2) is 85.1 Å². The van der Waals surface area contributed by atoms with Gasteiger partial charge in [0.2, 0.25) is 11.9 Å². The van der Waals surface area contributed by atoms with E-state index in [0.717, 1.165) is 35.4 Å². The zero-order chi connectivity index (χ0) is 27.9. The summed E-state index contributed by atoms with van der Waals surface area (Å²) in [6.45, 7) is 5.27. The van der Waals surface area contributed by atoms with E-state index in [1.165, 1.54) is 0 Å². The zero-order valence-corrected chi connectivity index (χ0v) is 22.9. The van der Waals surface area contributed by atoms with E-state index < -0.39 is 0 Å². The Bertz CT molecular complexity index is 1460. The van der Waals surface area contributed by atoms with Crippen molar-refractivity contribution >= 4 is 17.8 Å². The molecule has 8 heteroatoms. The molecule has 0 radical (unpaired) electrons. The van der Waals surface area contributed by atoms with E-state index in [0.29, 0.717) is 37.0 Å². The molecule has 1 aliphatic rings. The predicted octanol–water partition coefficient (Wildman–Crippen LogP) is 5.51. The highest BCUT2D eigenvalue weighted by atomic mass is 16.5. The molecule has 0 saturated carbocycles. The monoisotopic (exact) mass is 538 g/mol. The van der Waals surface area contributed by atoms with Crippen LogP contribution < -0.4 is 10.1 Å². The molecule has 0 unspecified atom stereocenters. The Morgan fingerprint density at radius 1 is 1.07 bits per heavy atom. The smallest absolute Gasteiger partial charge is 0.254 e. The molecule has 2 amide bonds. The average molecular weight is 539 g/mol. The fourth-order valence-electron chi connectivity index (χ4n) is 4.88. The number of carbonyl (C=O) groups is 2. The van der Waals surface area contributed by atoms with Crippen LogP contribution >= 0.6 is 0 Å². The van der Waals surface area contributed by atoms with Gasteiger partial charge in [-0.3, -0.25) is 19.5 Å². The molecule has 1 N–H and O–H groups in total. The molecule has 40 heavy (non-hydrogen) atoms. The minimum atomic E-state index is -0.340. The lowest BCUT2D eigenvalue weighted by atomic mass is 10.1. The molecule has 0 spiro atoms. The molecule has 1 fully saturated rings. The van der Waals surface area contributed by atoms with Gasteiger partial charge in [0.15, 0.2) is 0 Å². The standard InChI is InChI=1S/C32H34N4O4/c1-3-39-26-15-9-14-25(19-26)36-21-29(24-12-5-4-6-13-24)33-32(36)34-30(37)22-35(20-27-16-10-18-40-27)31(38)28-17-8-7-11-23(28)2/h4-9,11-15,17,19,21,27H,3,10,16,18,20,22H2,1-2H3,(H,33,34,37)/t27-/m0/s1. The third-order valence-electron chi connectivity index (χ3n) is 6.88. The number of carbonyl (C=O) groups excluding carboxylic acids is 2. The molecule has 206 valence electrons. The van der Waals surface area contributed by atoms with Gasteiger partial charge in [0.1, 0.15) is 12.3 Å². The Balaban J connectivity index is 1.43. The first-order valence-electron chi connectivity index (χ1n) is 13.7. The number of anilines is 1. The van der Waals surface area contributed by atoms with Gasteiger partial charge in [-0.1, -0.05) is 54.6 Å². The van der Waals surface area contributed by atoms with Crippen LogP contribution in [0.2, 0.25) is 0 Å². The zero-order valence-electron chi connectivity index (χ0n) is 22.9. The number of nitrogens with zero attached hydrogens (tertiary/aromatic N) is 3. The number of aromatic nitrogens is 2. The second kappa shape index (κ2) is 12.6. The largest absolute Gasteiger partial charge is 0.494 e. The van der Waals surface area contributed by atoms with Gasteiger partial charge >= 0.3 is 0 Å².